The molecule has 0 radical (unpaired) electrons. The van der Waals surface area contributed by atoms with Gasteiger partial charge in [0.1, 0.15) is 5.75 Å². The van der Waals surface area contributed by atoms with E-state index in [1.54, 1.807) is 6.07 Å². The Labute approximate surface area is 214 Å². The van der Waals surface area contributed by atoms with E-state index in [0.717, 1.165) is 30.6 Å². The fourth-order valence-corrected chi connectivity index (χ4v) is 4.18. The van der Waals surface area contributed by atoms with Crippen LogP contribution in [-0.4, -0.2) is 16.7 Å². The number of benzene rings is 2. The number of halogens is 2. The predicted octanol–water partition coefficient (Wildman–Crippen LogP) is 8.35. The van der Waals surface area contributed by atoms with Crippen LogP contribution in [0, 0.1) is 0 Å². The molecule has 0 N–H and O–H groups in total. The minimum Gasteiger partial charge on any atom is -0.493 e. The van der Waals surface area contributed by atoms with Gasteiger partial charge in [-0.05, 0) is 59.4 Å². The number of ether oxygens (including phenoxy) is 1. The van der Waals surface area contributed by atoms with Crippen molar-refractivity contribution in [2.45, 2.75) is 84.5 Å². The van der Waals surface area contributed by atoms with Crippen molar-refractivity contribution in [1.82, 2.24) is 10.1 Å². The van der Waals surface area contributed by atoms with Gasteiger partial charge in [0.25, 0.3) is 0 Å². The molecule has 0 atom stereocenters. The van der Waals surface area contributed by atoms with Crippen molar-refractivity contribution in [3.05, 3.63) is 74.8 Å². The quantitative estimate of drug-likeness (QED) is 0.247. The maximum Gasteiger partial charge on any atom is 0.226 e. The highest BCUT2D eigenvalue weighted by molar-refractivity contribution is 6.35. The standard InChI is InChI=1S/C28H36Cl2N2O2/c1-7-27(3,4)20-12-14-24(22(17-20)28(5,6)8-2)33-15-9-10-26-31-25(32-34-26)16-19-11-13-21(29)18-23(19)30/h11-14,17-18H,7-10,15-16H2,1-6H3. The predicted molar refractivity (Wildman–Crippen MR) is 140 cm³/mol. The van der Waals surface area contributed by atoms with Crippen molar-refractivity contribution in [2.24, 2.45) is 0 Å². The van der Waals surface area contributed by atoms with Gasteiger partial charge in [-0.15, -0.1) is 0 Å². The summed E-state index contributed by atoms with van der Waals surface area (Å²) in [7, 11) is 0. The Morgan fingerprint density at radius 2 is 1.68 bits per heavy atom. The molecule has 0 bridgehead atoms. The van der Waals surface area contributed by atoms with Crippen LogP contribution in [0.4, 0.5) is 0 Å². The average molecular weight is 504 g/mol. The molecule has 0 amide bonds. The van der Waals surface area contributed by atoms with E-state index in [1.807, 2.05) is 12.1 Å². The lowest BCUT2D eigenvalue weighted by molar-refractivity contribution is 0.289. The Bertz CT molecular complexity index is 1110. The second kappa shape index (κ2) is 11.1. The van der Waals surface area contributed by atoms with E-state index < -0.39 is 0 Å². The number of hydrogen-bond donors (Lipinski definition) is 0. The molecule has 0 saturated carbocycles. The highest BCUT2D eigenvalue weighted by Crippen LogP contribution is 2.38. The zero-order valence-electron chi connectivity index (χ0n) is 21.2. The molecule has 1 heterocycles. The number of hydrogen-bond acceptors (Lipinski definition) is 4. The van der Waals surface area contributed by atoms with Gasteiger partial charge in [-0.25, -0.2) is 0 Å². The van der Waals surface area contributed by atoms with Crippen LogP contribution in [0.2, 0.25) is 10.0 Å². The van der Waals surface area contributed by atoms with E-state index in [9.17, 15) is 0 Å². The second-order valence-corrected chi connectivity index (χ2v) is 11.0. The lowest BCUT2D eigenvalue weighted by Gasteiger charge is -2.30. The monoisotopic (exact) mass is 502 g/mol. The van der Waals surface area contributed by atoms with Gasteiger partial charge >= 0.3 is 0 Å². The summed E-state index contributed by atoms with van der Waals surface area (Å²) in [5, 5.41) is 5.30. The first-order chi connectivity index (χ1) is 16.1. The Kier molecular flexibility index (Phi) is 8.70. The Hall–Kier alpha value is -2.04. The molecule has 0 fully saturated rings. The number of aromatic nitrogens is 2. The topological polar surface area (TPSA) is 48.2 Å². The molecule has 6 heteroatoms. The van der Waals surface area contributed by atoms with Crippen LogP contribution >= 0.6 is 23.2 Å². The van der Waals surface area contributed by atoms with E-state index in [4.69, 9.17) is 32.5 Å². The van der Waals surface area contributed by atoms with Crippen molar-refractivity contribution in [1.29, 1.82) is 0 Å². The Morgan fingerprint density at radius 1 is 0.941 bits per heavy atom. The largest absolute Gasteiger partial charge is 0.493 e. The van der Waals surface area contributed by atoms with Gasteiger partial charge in [0.2, 0.25) is 5.89 Å². The first kappa shape index (κ1) is 26.6. The summed E-state index contributed by atoms with van der Waals surface area (Å²) < 4.78 is 11.7. The van der Waals surface area contributed by atoms with Crippen LogP contribution in [0.1, 0.15) is 89.2 Å². The molecule has 4 nitrogen and oxygen atoms in total. The molecule has 0 unspecified atom stereocenters. The molecule has 1 aromatic heterocycles. The zero-order chi connectivity index (χ0) is 24.9. The van der Waals surface area contributed by atoms with Crippen molar-refractivity contribution < 1.29 is 9.26 Å². The highest BCUT2D eigenvalue weighted by Gasteiger charge is 2.26. The summed E-state index contributed by atoms with van der Waals surface area (Å²) in [6.45, 7) is 14.2. The third kappa shape index (κ3) is 6.55. The van der Waals surface area contributed by atoms with E-state index in [0.29, 0.717) is 41.2 Å². The lowest BCUT2D eigenvalue weighted by Crippen LogP contribution is -2.21. The minimum absolute atomic E-state index is 0.0412. The van der Waals surface area contributed by atoms with Gasteiger partial charge in [-0.1, -0.05) is 88.1 Å². The van der Waals surface area contributed by atoms with E-state index in [2.05, 4.69) is 69.9 Å². The van der Waals surface area contributed by atoms with Crippen molar-refractivity contribution in [2.75, 3.05) is 6.61 Å². The third-order valence-corrected chi connectivity index (χ3v) is 7.51. The van der Waals surface area contributed by atoms with Crippen LogP contribution in [0.3, 0.4) is 0 Å². The Morgan fingerprint density at radius 3 is 2.35 bits per heavy atom. The lowest BCUT2D eigenvalue weighted by atomic mass is 9.76. The van der Waals surface area contributed by atoms with Gasteiger partial charge in [0.05, 0.1) is 6.61 Å². The highest BCUT2D eigenvalue weighted by atomic mass is 35.5. The first-order valence-corrected chi connectivity index (χ1v) is 12.8. The van der Waals surface area contributed by atoms with E-state index >= 15 is 0 Å². The number of aryl methyl sites for hydroxylation is 1. The smallest absolute Gasteiger partial charge is 0.226 e. The van der Waals surface area contributed by atoms with Crippen LogP contribution in [-0.2, 0) is 23.7 Å². The maximum atomic E-state index is 6.26. The molecule has 184 valence electrons. The van der Waals surface area contributed by atoms with Crippen molar-refractivity contribution >= 4 is 23.2 Å². The summed E-state index contributed by atoms with van der Waals surface area (Å²) in [5.41, 5.74) is 3.73. The summed E-state index contributed by atoms with van der Waals surface area (Å²) >= 11 is 12.2. The fraction of sp³-hybridized carbons (Fsp3) is 0.500. The number of nitrogens with zero attached hydrogens (tertiary/aromatic N) is 2. The van der Waals surface area contributed by atoms with Crippen LogP contribution in [0.15, 0.2) is 40.9 Å². The normalized spacial score (nSPS) is 12.2. The third-order valence-electron chi connectivity index (χ3n) is 6.92. The van der Waals surface area contributed by atoms with Crippen LogP contribution in [0.5, 0.6) is 5.75 Å². The SMILES string of the molecule is CCC(C)(C)c1ccc(OCCCc2nc(Cc3ccc(Cl)cc3Cl)no2)c(C(C)(C)CC)c1. The van der Waals surface area contributed by atoms with E-state index in [-0.39, 0.29) is 10.8 Å². The average Bonchev–Trinajstić information content (AvgIpc) is 3.25. The molecule has 3 rings (SSSR count). The summed E-state index contributed by atoms with van der Waals surface area (Å²) in [5.74, 6) is 2.19. The first-order valence-electron chi connectivity index (χ1n) is 12.1. The minimum atomic E-state index is 0.0412. The van der Waals surface area contributed by atoms with Crippen molar-refractivity contribution in [3.63, 3.8) is 0 Å². The number of rotatable bonds is 11. The van der Waals surface area contributed by atoms with Gasteiger partial charge in [-0.3, -0.25) is 0 Å². The molecular weight excluding hydrogens is 467 g/mol. The summed E-state index contributed by atoms with van der Waals surface area (Å²) in [6, 6.07) is 12.1. The zero-order valence-corrected chi connectivity index (χ0v) is 22.7. The van der Waals surface area contributed by atoms with Crippen LogP contribution in [0.25, 0.3) is 0 Å². The molecule has 0 aliphatic rings. The molecule has 34 heavy (non-hydrogen) atoms. The molecule has 0 aliphatic carbocycles. The molecule has 3 aromatic rings. The molecule has 0 spiro atoms. The molecule has 0 aliphatic heterocycles. The summed E-state index contributed by atoms with van der Waals surface area (Å²) in [4.78, 5) is 4.51. The Balaban J connectivity index is 1.61. The maximum absolute atomic E-state index is 6.26. The van der Waals surface area contributed by atoms with Gasteiger partial charge < -0.3 is 9.26 Å². The molecular formula is C28H36Cl2N2O2. The summed E-state index contributed by atoms with van der Waals surface area (Å²) in [6.07, 6.45) is 4.09. The second-order valence-electron chi connectivity index (χ2n) is 10.2. The molecule has 0 saturated heterocycles. The van der Waals surface area contributed by atoms with Gasteiger partial charge in [0.15, 0.2) is 5.82 Å². The van der Waals surface area contributed by atoms with E-state index in [1.165, 1.54) is 11.1 Å². The van der Waals surface area contributed by atoms with Crippen molar-refractivity contribution in [3.8, 4) is 5.75 Å². The van der Waals surface area contributed by atoms with Crippen LogP contribution < -0.4 is 4.74 Å². The molecule has 2 aromatic carbocycles. The fourth-order valence-electron chi connectivity index (χ4n) is 3.70. The van der Waals surface area contributed by atoms with Gasteiger partial charge in [-0.2, -0.15) is 4.98 Å². The van der Waals surface area contributed by atoms with Gasteiger partial charge in [0, 0.05) is 28.5 Å².